The largest absolute Gasteiger partial charge is 0.122 e. The minimum Gasteiger partial charge on any atom is -0.122 e. The van der Waals surface area contributed by atoms with Crippen LogP contribution in [-0.4, -0.2) is 18.5 Å². The molecule has 1 heteroatoms. The second-order valence-electron chi connectivity index (χ2n) is 3.93. The Morgan fingerprint density at radius 3 is 1.79 bits per heavy atom. The SMILES string of the molecule is CC[P](CC)(CC)Cc1ccccc1. The molecule has 0 saturated heterocycles. The molecule has 0 nitrogen and oxygen atoms in total. The number of hydrogen-bond acceptors (Lipinski definition) is 0. The molecule has 79 valence electrons. The molecular formula is C13H22P. The van der Waals surface area contributed by atoms with Crippen LogP contribution >= 0.6 is 7.26 Å². The molecule has 0 aliphatic carbocycles. The zero-order valence-electron chi connectivity index (χ0n) is 9.66. The molecule has 0 heterocycles. The summed E-state index contributed by atoms with van der Waals surface area (Å²) >= 11 is 0. The van der Waals surface area contributed by atoms with E-state index >= 15 is 0 Å². The van der Waals surface area contributed by atoms with Gasteiger partial charge in [-0.05, 0) is 30.2 Å². The molecule has 0 saturated carbocycles. The fourth-order valence-corrected chi connectivity index (χ4v) is 4.97. The maximum Gasteiger partial charge on any atom is -0.0107 e. The van der Waals surface area contributed by atoms with Crippen LogP contribution in [0.3, 0.4) is 0 Å². The van der Waals surface area contributed by atoms with E-state index in [9.17, 15) is 0 Å². The normalized spacial score (nSPS) is 11.6. The second-order valence-corrected chi connectivity index (χ2v) is 8.83. The summed E-state index contributed by atoms with van der Waals surface area (Å²) in [4.78, 5) is 0. The van der Waals surface area contributed by atoms with Gasteiger partial charge < -0.3 is 0 Å². The minimum atomic E-state index is -0.661. The van der Waals surface area contributed by atoms with Gasteiger partial charge in [-0.3, -0.25) is 0 Å². The van der Waals surface area contributed by atoms with E-state index < -0.39 is 7.26 Å². The molecule has 0 bridgehead atoms. The second kappa shape index (κ2) is 5.51. The number of rotatable bonds is 5. The lowest BCUT2D eigenvalue weighted by molar-refractivity contribution is 1.22. The van der Waals surface area contributed by atoms with Gasteiger partial charge in [0.05, 0.1) is 0 Å². The lowest BCUT2D eigenvalue weighted by atomic mass is 10.2. The molecule has 0 unspecified atom stereocenters. The molecule has 1 aromatic rings. The first-order chi connectivity index (χ1) is 6.76. The molecule has 0 aromatic heterocycles. The highest BCUT2D eigenvalue weighted by molar-refractivity contribution is 7.75. The fraction of sp³-hybridized carbons (Fsp3) is 0.538. The van der Waals surface area contributed by atoms with Crippen molar-refractivity contribution in [3.05, 3.63) is 35.9 Å². The van der Waals surface area contributed by atoms with Crippen molar-refractivity contribution >= 4 is 7.26 Å². The van der Waals surface area contributed by atoms with Gasteiger partial charge in [0.1, 0.15) is 0 Å². The van der Waals surface area contributed by atoms with Gasteiger partial charge in [0.2, 0.25) is 0 Å². The van der Waals surface area contributed by atoms with Gasteiger partial charge in [0.15, 0.2) is 0 Å². The number of hydrogen-bond donors (Lipinski definition) is 0. The molecule has 1 radical (unpaired) electrons. The van der Waals surface area contributed by atoms with Crippen LogP contribution < -0.4 is 0 Å². The lowest BCUT2D eigenvalue weighted by Crippen LogP contribution is -2.05. The Bertz CT molecular complexity index is 241. The van der Waals surface area contributed by atoms with Crippen molar-refractivity contribution in [3.8, 4) is 0 Å². The average Bonchev–Trinajstić information content (AvgIpc) is 2.28. The Kier molecular flexibility index (Phi) is 4.62. The van der Waals surface area contributed by atoms with Gasteiger partial charge in [-0.1, -0.05) is 51.1 Å². The van der Waals surface area contributed by atoms with Gasteiger partial charge in [0, 0.05) is 0 Å². The summed E-state index contributed by atoms with van der Waals surface area (Å²) in [5.41, 5.74) is 1.53. The minimum absolute atomic E-state index is 0.661. The molecule has 1 aromatic carbocycles. The van der Waals surface area contributed by atoms with Crippen LogP contribution in [0.4, 0.5) is 0 Å². The summed E-state index contributed by atoms with van der Waals surface area (Å²) in [5.74, 6) is 0. The summed E-state index contributed by atoms with van der Waals surface area (Å²) in [6, 6.07) is 11.0. The Morgan fingerprint density at radius 2 is 1.36 bits per heavy atom. The molecule has 1 rings (SSSR count). The van der Waals surface area contributed by atoms with E-state index in [-0.39, 0.29) is 0 Å². The van der Waals surface area contributed by atoms with E-state index in [1.54, 1.807) is 0 Å². The van der Waals surface area contributed by atoms with Gasteiger partial charge in [-0.25, -0.2) is 0 Å². The van der Waals surface area contributed by atoms with E-state index in [0.717, 1.165) is 0 Å². The van der Waals surface area contributed by atoms with Crippen molar-refractivity contribution in [1.82, 2.24) is 0 Å². The Morgan fingerprint density at radius 1 is 0.857 bits per heavy atom. The third-order valence-electron chi connectivity index (χ3n) is 3.37. The van der Waals surface area contributed by atoms with Gasteiger partial charge in [-0.2, -0.15) is 0 Å². The zero-order valence-corrected chi connectivity index (χ0v) is 10.6. The Labute approximate surface area is 89.1 Å². The van der Waals surface area contributed by atoms with Crippen molar-refractivity contribution in [2.45, 2.75) is 26.9 Å². The first-order valence-electron chi connectivity index (χ1n) is 5.65. The van der Waals surface area contributed by atoms with Crippen molar-refractivity contribution < 1.29 is 0 Å². The van der Waals surface area contributed by atoms with E-state index in [4.69, 9.17) is 0 Å². The lowest BCUT2D eigenvalue weighted by Gasteiger charge is -2.33. The topological polar surface area (TPSA) is 0 Å². The molecule has 0 aliphatic rings. The van der Waals surface area contributed by atoms with Crippen LogP contribution in [-0.2, 0) is 6.16 Å². The molecule has 14 heavy (non-hydrogen) atoms. The van der Waals surface area contributed by atoms with Crippen molar-refractivity contribution in [1.29, 1.82) is 0 Å². The standard InChI is InChI=1S/C13H22P/c1-4-14(5-2,6-3)12-13-10-8-7-9-11-13/h7-11H,4-6,12H2,1-3H3. The Hall–Kier alpha value is -0.350. The van der Waals surface area contributed by atoms with Crippen LogP contribution in [0.5, 0.6) is 0 Å². The first kappa shape index (κ1) is 11.7. The molecule has 0 N–H and O–H groups in total. The van der Waals surface area contributed by atoms with E-state index in [1.807, 2.05) is 0 Å². The highest BCUT2D eigenvalue weighted by Gasteiger charge is 2.20. The average molecular weight is 209 g/mol. The molecule has 0 fully saturated rings. The predicted octanol–water partition coefficient (Wildman–Crippen LogP) is 4.26. The summed E-state index contributed by atoms with van der Waals surface area (Å²) in [6.45, 7) is 7.09. The van der Waals surface area contributed by atoms with E-state index in [2.05, 4.69) is 51.1 Å². The van der Waals surface area contributed by atoms with E-state index in [1.165, 1.54) is 30.2 Å². The van der Waals surface area contributed by atoms with Crippen LogP contribution in [0.2, 0.25) is 0 Å². The molecule has 0 aliphatic heterocycles. The zero-order chi connectivity index (χ0) is 10.4. The highest BCUT2D eigenvalue weighted by Crippen LogP contribution is 2.60. The summed E-state index contributed by atoms with van der Waals surface area (Å²) in [5, 5.41) is 0. The monoisotopic (exact) mass is 209 g/mol. The maximum atomic E-state index is 2.36. The maximum absolute atomic E-state index is 2.36. The molecule has 0 amide bonds. The van der Waals surface area contributed by atoms with Crippen molar-refractivity contribution in [3.63, 3.8) is 0 Å². The van der Waals surface area contributed by atoms with Crippen LogP contribution in [0.15, 0.2) is 30.3 Å². The summed E-state index contributed by atoms with van der Waals surface area (Å²) in [7, 11) is -0.661. The quantitative estimate of drug-likeness (QED) is 0.635. The van der Waals surface area contributed by atoms with E-state index in [0.29, 0.717) is 0 Å². The third-order valence-corrected chi connectivity index (χ3v) is 8.43. The predicted molar refractivity (Wildman–Crippen MR) is 68.7 cm³/mol. The van der Waals surface area contributed by atoms with Gasteiger partial charge in [-0.15, -0.1) is 7.26 Å². The molecular weight excluding hydrogens is 187 g/mol. The van der Waals surface area contributed by atoms with Gasteiger partial charge in [0.25, 0.3) is 0 Å². The van der Waals surface area contributed by atoms with Crippen LogP contribution in [0, 0.1) is 0 Å². The summed E-state index contributed by atoms with van der Waals surface area (Å²) in [6.07, 6.45) is 5.54. The van der Waals surface area contributed by atoms with Crippen molar-refractivity contribution in [2.24, 2.45) is 0 Å². The summed E-state index contributed by atoms with van der Waals surface area (Å²) < 4.78 is 0. The molecule has 0 spiro atoms. The van der Waals surface area contributed by atoms with Crippen LogP contribution in [0.25, 0.3) is 0 Å². The Balaban J connectivity index is 2.74. The highest BCUT2D eigenvalue weighted by atomic mass is 31.2. The molecule has 0 atom stereocenters. The third kappa shape index (κ3) is 2.82. The van der Waals surface area contributed by atoms with Gasteiger partial charge >= 0.3 is 0 Å². The smallest absolute Gasteiger partial charge is 0.0107 e. The van der Waals surface area contributed by atoms with Crippen LogP contribution in [0.1, 0.15) is 26.3 Å². The number of benzene rings is 1. The van der Waals surface area contributed by atoms with Crippen molar-refractivity contribution in [2.75, 3.05) is 18.5 Å². The first-order valence-corrected chi connectivity index (χ1v) is 8.18. The fourth-order valence-electron chi connectivity index (χ4n) is 1.98.